The van der Waals surface area contributed by atoms with Crippen LogP contribution in [0.25, 0.3) is 0 Å². The van der Waals surface area contributed by atoms with Gasteiger partial charge in [0.1, 0.15) is 0 Å². The third-order valence-electron chi connectivity index (χ3n) is 10.6. The first-order valence-corrected chi connectivity index (χ1v) is 20.0. The summed E-state index contributed by atoms with van der Waals surface area (Å²) in [5, 5.41) is 0.831. The van der Waals surface area contributed by atoms with E-state index in [0.717, 1.165) is 17.8 Å². The molecule has 4 aliphatic carbocycles. The van der Waals surface area contributed by atoms with Gasteiger partial charge in [-0.25, -0.2) is 0 Å². The molecule has 4 bridgehead atoms. The van der Waals surface area contributed by atoms with Gasteiger partial charge >= 0.3 is 0 Å². The van der Waals surface area contributed by atoms with Gasteiger partial charge in [0, 0.05) is 10.3 Å². The summed E-state index contributed by atoms with van der Waals surface area (Å²) in [4.78, 5) is 0. The minimum atomic E-state index is -1.71. The zero-order valence-corrected chi connectivity index (χ0v) is 27.6. The second-order valence-corrected chi connectivity index (χ2v) is 23.1. The summed E-state index contributed by atoms with van der Waals surface area (Å²) in [6.07, 6.45) is 26.8. The fourth-order valence-corrected chi connectivity index (χ4v) is 20.9. The first-order valence-electron chi connectivity index (χ1n) is 15.3. The average Bonchev–Trinajstić information content (AvgIpc) is 2.73. The van der Waals surface area contributed by atoms with Crippen molar-refractivity contribution in [3.8, 4) is 0 Å². The normalized spacial score (nSPS) is 32.9. The molecule has 4 saturated carbocycles. The van der Waals surface area contributed by atoms with Crippen molar-refractivity contribution >= 4 is 17.3 Å². The van der Waals surface area contributed by atoms with Crippen molar-refractivity contribution in [1.29, 1.82) is 0 Å². The summed E-state index contributed by atoms with van der Waals surface area (Å²) >= 11 is 0. The summed E-state index contributed by atoms with van der Waals surface area (Å²) in [7, 11) is -2.70. The van der Waals surface area contributed by atoms with E-state index in [4.69, 9.17) is 4.15 Å². The molecule has 4 rings (SSSR count). The topological polar surface area (TPSA) is 12.4 Å². The average molecular weight is 536 g/mol. The predicted molar refractivity (Wildman–Crippen MR) is 170 cm³/mol. The summed E-state index contributed by atoms with van der Waals surface area (Å²) < 4.78 is 6.39. The Balaban J connectivity index is 2.30. The lowest BCUT2D eigenvalue weighted by Crippen LogP contribution is -2.54. The van der Waals surface area contributed by atoms with Gasteiger partial charge in [0.25, 0.3) is 0 Å². The van der Waals surface area contributed by atoms with Crippen LogP contribution in [-0.4, -0.2) is 35.2 Å². The zero-order valence-electron chi connectivity index (χ0n) is 25.8. The molecular weight excluding hydrogens is 473 g/mol. The van der Waals surface area contributed by atoms with Gasteiger partial charge in [-0.3, -0.25) is 4.15 Å². The lowest BCUT2D eigenvalue weighted by Gasteiger charge is -2.66. The third-order valence-corrected chi connectivity index (χ3v) is 18.9. The Morgan fingerprint density at radius 1 is 0.861 bits per heavy atom. The highest BCUT2D eigenvalue weighted by Gasteiger charge is 2.62. The second kappa shape index (κ2) is 11.3. The molecule has 0 N–H and O–H groups in total. The molecule has 3 atom stereocenters. The van der Waals surface area contributed by atoms with Crippen LogP contribution < -0.4 is 0 Å². The van der Waals surface area contributed by atoms with Gasteiger partial charge in [-0.1, -0.05) is 51.7 Å². The lowest BCUT2D eigenvalue weighted by molar-refractivity contribution is 0.0333. The second-order valence-electron chi connectivity index (χ2n) is 15.0. The van der Waals surface area contributed by atoms with E-state index in [-0.39, 0.29) is 0 Å². The van der Waals surface area contributed by atoms with Gasteiger partial charge in [0.15, 0.2) is 0 Å². The minimum Gasteiger partial charge on any atom is -0.256 e. The maximum Gasteiger partial charge on any atom is 0.0103 e. The fourth-order valence-electron chi connectivity index (χ4n) is 9.67. The van der Waals surface area contributed by atoms with Crippen LogP contribution in [0.3, 0.4) is 0 Å². The summed E-state index contributed by atoms with van der Waals surface area (Å²) in [6, 6.07) is 0. The molecular formula is C33H62NPS. The Labute approximate surface area is 228 Å². The van der Waals surface area contributed by atoms with Gasteiger partial charge in [0.05, 0.1) is 0 Å². The maximum atomic E-state index is 6.39. The Bertz CT molecular complexity index is 828. The van der Waals surface area contributed by atoms with Crippen LogP contribution in [0.5, 0.6) is 0 Å². The molecule has 0 saturated heterocycles. The summed E-state index contributed by atoms with van der Waals surface area (Å²) in [6.45, 7) is 23.4. The van der Waals surface area contributed by atoms with Crippen LogP contribution in [-0.2, 0) is 0 Å². The van der Waals surface area contributed by atoms with Gasteiger partial charge in [-0.2, -0.15) is 10.2 Å². The number of rotatable bonds is 14. The first-order chi connectivity index (χ1) is 16.7. The molecule has 0 aromatic heterocycles. The van der Waals surface area contributed by atoms with Gasteiger partial charge < -0.3 is 0 Å². The Kier molecular flexibility index (Phi) is 9.58. The molecule has 1 nitrogen and oxygen atoms in total. The van der Waals surface area contributed by atoms with Crippen LogP contribution in [0.15, 0.2) is 28.5 Å². The highest BCUT2D eigenvalue weighted by Crippen LogP contribution is 2.83. The van der Waals surface area contributed by atoms with E-state index in [9.17, 15) is 0 Å². The Morgan fingerprint density at radius 3 is 1.72 bits per heavy atom. The molecule has 0 amide bonds. The van der Waals surface area contributed by atoms with Gasteiger partial charge in [-0.05, 0) is 140 Å². The van der Waals surface area contributed by atoms with Crippen LogP contribution in [0, 0.1) is 23.2 Å². The van der Waals surface area contributed by atoms with Gasteiger partial charge in [-0.15, -0.1) is 13.2 Å². The maximum absolute atomic E-state index is 6.39. The molecule has 0 aromatic rings. The van der Waals surface area contributed by atoms with Crippen molar-refractivity contribution in [2.75, 3.05) is 24.9 Å². The van der Waals surface area contributed by atoms with Gasteiger partial charge in [0.2, 0.25) is 0 Å². The van der Waals surface area contributed by atoms with E-state index in [1.165, 1.54) is 101 Å². The SMILES string of the molecule is C=C(C)CC(C)(CC)CCP(=NS(C)(C)C)(C(CC)(CCC)CC(=C)C)C12CC3CC(CC(C3)C1)C2. The highest BCUT2D eigenvalue weighted by molar-refractivity contribution is 8.32. The third kappa shape index (κ3) is 6.11. The van der Waals surface area contributed by atoms with Crippen molar-refractivity contribution in [2.45, 2.75) is 135 Å². The zero-order chi connectivity index (χ0) is 27.0. The first kappa shape index (κ1) is 30.6. The molecule has 0 spiro atoms. The quantitative estimate of drug-likeness (QED) is 0.155. The lowest BCUT2D eigenvalue weighted by atomic mass is 9.56. The van der Waals surface area contributed by atoms with E-state index in [2.05, 4.69) is 73.5 Å². The van der Waals surface area contributed by atoms with E-state index >= 15 is 0 Å². The highest BCUT2D eigenvalue weighted by atomic mass is 32.3. The van der Waals surface area contributed by atoms with E-state index < -0.39 is 17.3 Å². The largest absolute Gasteiger partial charge is 0.256 e. The number of nitrogens with zero attached hydrogens (tertiary/aromatic N) is 1. The van der Waals surface area contributed by atoms with Crippen LogP contribution in [0.1, 0.15) is 125 Å². The predicted octanol–water partition coefficient (Wildman–Crippen LogP) is 11.5. The van der Waals surface area contributed by atoms with Crippen molar-refractivity contribution in [3.63, 3.8) is 0 Å². The molecule has 0 aliphatic heterocycles. The van der Waals surface area contributed by atoms with Crippen molar-refractivity contribution in [3.05, 3.63) is 24.3 Å². The molecule has 4 aliphatic rings. The molecule has 0 aromatic carbocycles. The molecule has 210 valence electrons. The van der Waals surface area contributed by atoms with Crippen LogP contribution >= 0.6 is 17.3 Å². The van der Waals surface area contributed by atoms with Crippen LogP contribution in [0.2, 0.25) is 0 Å². The van der Waals surface area contributed by atoms with Crippen molar-refractivity contribution in [2.24, 2.45) is 27.3 Å². The number of allylic oxidation sites excluding steroid dienone is 2. The van der Waals surface area contributed by atoms with Crippen molar-refractivity contribution < 1.29 is 0 Å². The molecule has 36 heavy (non-hydrogen) atoms. The molecule has 3 heteroatoms. The molecule has 0 heterocycles. The standard InChI is InChI=1S/C33H62NPS/c1-12-15-32(14-3,22-27(6)7)35(34-36(9,10)11,17-16-31(8,13-2)21-26(4)5)33-23-28-18-29(24-33)20-30(19-28)25-33/h28-30H,4,6,12-25H2,1-3,5,7-11H3. The minimum absolute atomic E-state index is 0.331. The smallest absolute Gasteiger partial charge is 0.0103 e. The number of hydrogen-bond acceptors (Lipinski definition) is 1. The van der Waals surface area contributed by atoms with E-state index in [1.807, 2.05) is 0 Å². The Morgan fingerprint density at radius 2 is 1.36 bits per heavy atom. The number of hydrogen-bond donors (Lipinski definition) is 0. The van der Waals surface area contributed by atoms with E-state index in [0.29, 0.717) is 15.7 Å². The summed E-state index contributed by atoms with van der Waals surface area (Å²) in [5.74, 6) is 2.94. The molecule has 4 fully saturated rings. The molecule has 0 radical (unpaired) electrons. The fraction of sp³-hybridized carbons (Fsp3) is 0.879. The van der Waals surface area contributed by atoms with Crippen LogP contribution in [0.4, 0.5) is 0 Å². The summed E-state index contributed by atoms with van der Waals surface area (Å²) in [5.41, 5.74) is 3.10. The monoisotopic (exact) mass is 535 g/mol. The van der Waals surface area contributed by atoms with E-state index in [1.54, 1.807) is 0 Å². The molecule has 3 unspecified atom stereocenters. The Hall–Kier alpha value is 0.0600. The van der Waals surface area contributed by atoms with Crippen molar-refractivity contribution in [1.82, 2.24) is 0 Å².